The van der Waals surface area contributed by atoms with Gasteiger partial charge >= 0.3 is 6.18 Å². The zero-order valence-electron chi connectivity index (χ0n) is 16.4. The second kappa shape index (κ2) is 8.74. The quantitative estimate of drug-likeness (QED) is 0.693. The summed E-state index contributed by atoms with van der Waals surface area (Å²) in [6.45, 7) is 1.65. The van der Waals surface area contributed by atoms with E-state index in [1.165, 1.54) is 12.1 Å². The van der Waals surface area contributed by atoms with Crippen molar-refractivity contribution in [2.24, 2.45) is 0 Å². The van der Waals surface area contributed by atoms with Crippen LogP contribution in [0.5, 0.6) is 5.75 Å². The maximum absolute atomic E-state index is 13.0. The Bertz CT molecular complexity index is 919. The van der Waals surface area contributed by atoms with Crippen molar-refractivity contribution in [3.05, 3.63) is 65.2 Å². The van der Waals surface area contributed by atoms with Crippen molar-refractivity contribution in [3.8, 4) is 5.75 Å². The van der Waals surface area contributed by atoms with E-state index in [1.807, 2.05) is 30.3 Å². The minimum absolute atomic E-state index is 0.0434. The summed E-state index contributed by atoms with van der Waals surface area (Å²) in [6, 6.07) is 11.3. The van der Waals surface area contributed by atoms with E-state index < -0.39 is 35.9 Å². The van der Waals surface area contributed by atoms with Crippen LogP contribution in [-0.2, 0) is 15.8 Å². The number of hydrogen-bond acceptors (Lipinski definition) is 4. The van der Waals surface area contributed by atoms with Crippen molar-refractivity contribution in [3.63, 3.8) is 0 Å². The molecule has 3 rings (SSSR count). The summed E-state index contributed by atoms with van der Waals surface area (Å²) in [5, 5.41) is 8.63. The van der Waals surface area contributed by atoms with Crippen LogP contribution in [0.1, 0.15) is 42.2 Å². The third kappa shape index (κ3) is 4.91. The van der Waals surface area contributed by atoms with E-state index >= 15 is 0 Å². The van der Waals surface area contributed by atoms with Gasteiger partial charge in [-0.3, -0.25) is 14.9 Å². The Balaban J connectivity index is 1.71. The van der Waals surface area contributed by atoms with E-state index in [9.17, 15) is 22.8 Å². The van der Waals surface area contributed by atoms with Gasteiger partial charge < -0.3 is 15.4 Å². The number of carbonyl (C=O) groups is 2. The molecule has 1 saturated heterocycles. The Morgan fingerprint density at radius 2 is 1.90 bits per heavy atom. The molecule has 0 radical (unpaired) electrons. The van der Waals surface area contributed by atoms with E-state index in [-0.39, 0.29) is 18.1 Å². The van der Waals surface area contributed by atoms with Gasteiger partial charge in [-0.25, -0.2) is 0 Å². The monoisotopic (exact) mass is 421 g/mol. The van der Waals surface area contributed by atoms with Crippen LogP contribution in [0.2, 0.25) is 0 Å². The Morgan fingerprint density at radius 1 is 1.20 bits per heavy atom. The first kappa shape index (κ1) is 21.6. The average molecular weight is 421 g/mol. The zero-order chi connectivity index (χ0) is 21.9. The first-order valence-electron chi connectivity index (χ1n) is 9.35. The second-order valence-corrected chi connectivity index (χ2v) is 7.02. The van der Waals surface area contributed by atoms with E-state index in [0.29, 0.717) is 5.56 Å². The molecule has 1 aliphatic heterocycles. The highest BCUT2D eigenvalue weighted by molar-refractivity contribution is 5.89. The van der Waals surface area contributed by atoms with Crippen molar-refractivity contribution in [1.29, 1.82) is 0 Å². The highest BCUT2D eigenvalue weighted by atomic mass is 19.4. The zero-order valence-corrected chi connectivity index (χ0v) is 16.4. The maximum Gasteiger partial charge on any atom is 0.419 e. The highest BCUT2D eigenvalue weighted by Gasteiger charge is 2.35. The summed E-state index contributed by atoms with van der Waals surface area (Å²) in [5.41, 5.74) is 0.376. The Morgan fingerprint density at radius 3 is 2.53 bits per heavy atom. The predicted octanol–water partition coefficient (Wildman–Crippen LogP) is 3.07. The third-order valence-corrected chi connectivity index (χ3v) is 4.90. The first-order chi connectivity index (χ1) is 14.2. The van der Waals surface area contributed by atoms with Gasteiger partial charge in [0.1, 0.15) is 11.9 Å². The molecule has 0 saturated carbocycles. The van der Waals surface area contributed by atoms with Gasteiger partial charge in [0.05, 0.1) is 31.2 Å². The molecule has 30 heavy (non-hydrogen) atoms. The minimum Gasteiger partial charge on any atom is -0.496 e. The van der Waals surface area contributed by atoms with E-state index in [2.05, 4.69) is 16.0 Å². The normalized spacial score (nSPS) is 20.2. The van der Waals surface area contributed by atoms with Crippen LogP contribution in [0.25, 0.3) is 0 Å². The summed E-state index contributed by atoms with van der Waals surface area (Å²) in [5.74, 6) is -1.01. The lowest BCUT2D eigenvalue weighted by Crippen LogP contribution is -2.56. The molecule has 1 fully saturated rings. The summed E-state index contributed by atoms with van der Waals surface area (Å²) >= 11 is 0. The lowest BCUT2D eigenvalue weighted by Gasteiger charge is -2.32. The fraction of sp³-hybridized carbons (Fsp3) is 0.333. The molecule has 2 aromatic rings. The number of ether oxygens (including phenoxy) is 1. The van der Waals surface area contributed by atoms with Gasteiger partial charge in [-0.05, 0) is 30.2 Å². The van der Waals surface area contributed by atoms with Crippen LogP contribution in [0.15, 0.2) is 48.5 Å². The number of benzene rings is 2. The number of alkyl halides is 3. The Hall–Kier alpha value is -3.07. The lowest BCUT2D eigenvalue weighted by molar-refractivity contribution is -0.138. The molecule has 0 aromatic heterocycles. The van der Waals surface area contributed by atoms with E-state index in [0.717, 1.165) is 18.7 Å². The molecule has 2 aromatic carbocycles. The molecule has 0 bridgehead atoms. The SMILES string of the molecule is COc1cc(C(C)NC(=O)C2CC(=O)NC(c3ccccc3)N2)ccc1C(F)(F)F. The molecule has 1 aliphatic rings. The maximum atomic E-state index is 13.0. The third-order valence-electron chi connectivity index (χ3n) is 4.90. The van der Waals surface area contributed by atoms with Crippen LogP contribution in [0.3, 0.4) is 0 Å². The fourth-order valence-corrected chi connectivity index (χ4v) is 3.31. The molecule has 0 aliphatic carbocycles. The number of nitrogens with one attached hydrogen (secondary N) is 3. The smallest absolute Gasteiger partial charge is 0.419 e. The average Bonchev–Trinajstić information content (AvgIpc) is 2.72. The number of methoxy groups -OCH3 is 1. The van der Waals surface area contributed by atoms with E-state index in [4.69, 9.17) is 4.74 Å². The molecule has 3 atom stereocenters. The fourth-order valence-electron chi connectivity index (χ4n) is 3.31. The molecular weight excluding hydrogens is 399 g/mol. The molecule has 2 amide bonds. The number of hydrogen-bond donors (Lipinski definition) is 3. The molecule has 3 unspecified atom stereocenters. The van der Waals surface area contributed by atoms with Crippen LogP contribution in [0, 0.1) is 0 Å². The first-order valence-corrected chi connectivity index (χ1v) is 9.35. The largest absolute Gasteiger partial charge is 0.496 e. The number of halogens is 3. The number of carbonyl (C=O) groups excluding carboxylic acids is 2. The minimum atomic E-state index is -4.54. The summed E-state index contributed by atoms with van der Waals surface area (Å²) < 4.78 is 44.0. The second-order valence-electron chi connectivity index (χ2n) is 7.02. The molecular formula is C21H22F3N3O3. The van der Waals surface area contributed by atoms with Crippen molar-refractivity contribution in [2.45, 2.75) is 37.8 Å². The van der Waals surface area contributed by atoms with Gasteiger partial charge in [0.25, 0.3) is 0 Å². The predicted molar refractivity (Wildman–Crippen MR) is 103 cm³/mol. The highest BCUT2D eigenvalue weighted by Crippen LogP contribution is 2.37. The Labute approximate surface area is 171 Å². The molecule has 160 valence electrons. The van der Waals surface area contributed by atoms with Gasteiger partial charge in [-0.1, -0.05) is 36.4 Å². The van der Waals surface area contributed by atoms with Gasteiger partial charge in [0, 0.05) is 0 Å². The number of rotatable bonds is 5. The number of amides is 2. The Kier molecular flexibility index (Phi) is 6.31. The van der Waals surface area contributed by atoms with Gasteiger partial charge in [0.15, 0.2) is 0 Å². The lowest BCUT2D eigenvalue weighted by atomic mass is 10.0. The van der Waals surface area contributed by atoms with Crippen LogP contribution in [0.4, 0.5) is 13.2 Å². The van der Waals surface area contributed by atoms with Crippen molar-refractivity contribution < 1.29 is 27.5 Å². The van der Waals surface area contributed by atoms with Gasteiger partial charge in [-0.2, -0.15) is 13.2 Å². The van der Waals surface area contributed by atoms with Gasteiger partial charge in [-0.15, -0.1) is 0 Å². The van der Waals surface area contributed by atoms with Crippen LogP contribution >= 0.6 is 0 Å². The molecule has 0 spiro atoms. The van der Waals surface area contributed by atoms with Crippen molar-refractivity contribution in [2.75, 3.05) is 7.11 Å². The molecule has 3 N–H and O–H groups in total. The van der Waals surface area contributed by atoms with Crippen LogP contribution in [-0.4, -0.2) is 25.0 Å². The summed E-state index contributed by atoms with van der Waals surface area (Å²) in [4.78, 5) is 24.8. The summed E-state index contributed by atoms with van der Waals surface area (Å²) in [7, 11) is 1.16. The molecule has 6 nitrogen and oxygen atoms in total. The van der Waals surface area contributed by atoms with Gasteiger partial charge in [0.2, 0.25) is 11.8 Å². The van der Waals surface area contributed by atoms with E-state index in [1.54, 1.807) is 6.92 Å². The molecule has 9 heteroatoms. The van der Waals surface area contributed by atoms with Crippen molar-refractivity contribution >= 4 is 11.8 Å². The summed E-state index contributed by atoms with van der Waals surface area (Å²) in [6.07, 6.45) is -5.09. The van der Waals surface area contributed by atoms with Crippen molar-refractivity contribution in [1.82, 2.24) is 16.0 Å². The topological polar surface area (TPSA) is 79.5 Å². The van der Waals surface area contributed by atoms with Crippen LogP contribution < -0.4 is 20.7 Å². The molecule has 1 heterocycles. The standard InChI is InChI=1S/C21H22F3N3O3/c1-12(14-8-9-15(21(22,23)24)17(10-14)30-2)25-20(29)16-11-18(28)27-19(26-16)13-6-4-3-5-7-13/h3-10,12,16,19,26H,11H2,1-2H3,(H,25,29)(H,27,28).